The van der Waals surface area contributed by atoms with Crippen LogP contribution in [0.4, 0.5) is 0 Å². The van der Waals surface area contributed by atoms with E-state index in [-0.39, 0.29) is 0 Å². The summed E-state index contributed by atoms with van der Waals surface area (Å²) < 4.78 is 1.66. The Morgan fingerprint density at radius 2 is 2.06 bits per heavy atom. The van der Waals surface area contributed by atoms with E-state index >= 15 is 0 Å². The first-order valence-corrected chi connectivity index (χ1v) is 5.33. The summed E-state index contributed by atoms with van der Waals surface area (Å²) in [5.41, 5.74) is 1.55. The maximum Gasteiger partial charge on any atom is 0.0793 e. The van der Waals surface area contributed by atoms with E-state index in [4.69, 9.17) is 28.5 Å². The van der Waals surface area contributed by atoms with Crippen molar-refractivity contribution >= 4 is 23.2 Å². The largest absolute Gasteiger partial charge is 0.241 e. The highest BCUT2D eigenvalue weighted by atomic mass is 35.5. The number of rotatable bonds is 2. The Kier molecular flexibility index (Phi) is 3.14. The van der Waals surface area contributed by atoms with Crippen LogP contribution in [0.15, 0.2) is 30.5 Å². The lowest BCUT2D eigenvalue weighted by Crippen LogP contribution is -1.95. The molecule has 0 amide bonds. The predicted molar refractivity (Wildman–Crippen MR) is 62.9 cm³/mol. The number of nitriles is 1. The molecule has 0 saturated carbocycles. The van der Waals surface area contributed by atoms with Crippen LogP contribution in [0.1, 0.15) is 5.69 Å². The first kappa shape index (κ1) is 11.0. The quantitative estimate of drug-likeness (QED) is 0.823. The predicted octanol–water partition coefficient (Wildman–Crippen LogP) is 3.25. The summed E-state index contributed by atoms with van der Waals surface area (Å²) in [6.45, 7) is 0. The fraction of sp³-hybridized carbons (Fsp3) is 0.0909. The zero-order valence-corrected chi connectivity index (χ0v) is 9.70. The van der Waals surface area contributed by atoms with Gasteiger partial charge in [-0.15, -0.1) is 0 Å². The molecule has 0 unspecified atom stereocenters. The van der Waals surface area contributed by atoms with Gasteiger partial charge in [0.1, 0.15) is 0 Å². The van der Waals surface area contributed by atoms with Gasteiger partial charge in [-0.05, 0) is 24.3 Å². The second-order valence-electron chi connectivity index (χ2n) is 3.18. The molecule has 0 N–H and O–H groups in total. The molecule has 0 atom stereocenters. The van der Waals surface area contributed by atoms with Gasteiger partial charge >= 0.3 is 0 Å². The number of halogens is 2. The van der Waals surface area contributed by atoms with Crippen LogP contribution in [0, 0.1) is 11.3 Å². The molecular weight excluding hydrogens is 245 g/mol. The van der Waals surface area contributed by atoms with E-state index in [0.717, 1.165) is 11.4 Å². The third-order valence-electron chi connectivity index (χ3n) is 2.07. The van der Waals surface area contributed by atoms with Gasteiger partial charge in [0.25, 0.3) is 0 Å². The molecule has 16 heavy (non-hydrogen) atoms. The van der Waals surface area contributed by atoms with E-state index in [0.29, 0.717) is 16.5 Å². The lowest BCUT2D eigenvalue weighted by atomic mass is 10.3. The van der Waals surface area contributed by atoms with Crippen LogP contribution in [0.3, 0.4) is 0 Å². The molecule has 3 nitrogen and oxygen atoms in total. The summed E-state index contributed by atoms with van der Waals surface area (Å²) >= 11 is 11.7. The van der Waals surface area contributed by atoms with Crippen molar-refractivity contribution in [1.29, 1.82) is 5.26 Å². The minimum Gasteiger partial charge on any atom is -0.241 e. The fourth-order valence-electron chi connectivity index (χ4n) is 1.31. The van der Waals surface area contributed by atoms with Crippen LogP contribution in [0.25, 0.3) is 5.69 Å². The molecule has 0 fully saturated rings. The number of hydrogen-bond acceptors (Lipinski definition) is 2. The Bertz CT molecular complexity index is 555. The molecule has 0 radical (unpaired) electrons. The Morgan fingerprint density at radius 1 is 1.25 bits per heavy atom. The highest BCUT2D eigenvalue weighted by molar-refractivity contribution is 6.42. The first-order chi connectivity index (χ1) is 7.70. The van der Waals surface area contributed by atoms with Crippen LogP contribution in [0.5, 0.6) is 0 Å². The molecule has 0 aliphatic carbocycles. The van der Waals surface area contributed by atoms with Crippen LogP contribution in [-0.4, -0.2) is 9.78 Å². The summed E-state index contributed by atoms with van der Waals surface area (Å²) in [4.78, 5) is 0. The highest BCUT2D eigenvalue weighted by Crippen LogP contribution is 2.24. The Balaban J connectivity index is 2.36. The standard InChI is InChI=1S/C11H7Cl2N3/c12-10-2-1-9(7-11(10)13)16-6-4-8(15-16)3-5-14/h1-2,4,6-7H,3H2. The Hall–Kier alpha value is -1.50. The van der Waals surface area contributed by atoms with E-state index in [9.17, 15) is 0 Å². The molecule has 0 bridgehead atoms. The fourth-order valence-corrected chi connectivity index (χ4v) is 1.60. The first-order valence-electron chi connectivity index (χ1n) is 4.57. The molecule has 1 heterocycles. The highest BCUT2D eigenvalue weighted by Gasteiger charge is 2.03. The average Bonchev–Trinajstić information content (AvgIpc) is 2.71. The van der Waals surface area contributed by atoms with Gasteiger partial charge in [0.2, 0.25) is 0 Å². The molecule has 0 spiro atoms. The minimum absolute atomic E-state index is 0.300. The molecule has 0 saturated heterocycles. The van der Waals surface area contributed by atoms with E-state index in [2.05, 4.69) is 5.10 Å². The summed E-state index contributed by atoms with van der Waals surface area (Å²) in [5, 5.41) is 13.8. The van der Waals surface area contributed by atoms with Gasteiger partial charge in [0.15, 0.2) is 0 Å². The molecule has 0 aliphatic rings. The van der Waals surface area contributed by atoms with E-state index in [1.807, 2.05) is 12.1 Å². The van der Waals surface area contributed by atoms with Crippen LogP contribution >= 0.6 is 23.2 Å². The van der Waals surface area contributed by atoms with E-state index in [1.165, 1.54) is 0 Å². The normalized spacial score (nSPS) is 10.1. The van der Waals surface area contributed by atoms with Crippen molar-refractivity contribution in [3.63, 3.8) is 0 Å². The molecular formula is C11H7Cl2N3. The SMILES string of the molecule is N#CCc1ccn(-c2ccc(Cl)c(Cl)c2)n1. The third-order valence-corrected chi connectivity index (χ3v) is 2.81. The Labute approximate surface area is 103 Å². The zero-order valence-electron chi connectivity index (χ0n) is 8.19. The van der Waals surface area contributed by atoms with Gasteiger partial charge < -0.3 is 0 Å². The van der Waals surface area contributed by atoms with E-state index < -0.39 is 0 Å². The van der Waals surface area contributed by atoms with Crippen molar-refractivity contribution in [3.05, 3.63) is 46.2 Å². The van der Waals surface area contributed by atoms with Gasteiger partial charge in [-0.2, -0.15) is 10.4 Å². The number of aromatic nitrogens is 2. The molecule has 80 valence electrons. The van der Waals surface area contributed by atoms with Crippen molar-refractivity contribution in [2.75, 3.05) is 0 Å². The van der Waals surface area contributed by atoms with Crippen molar-refractivity contribution in [3.8, 4) is 11.8 Å². The molecule has 2 aromatic rings. The molecule has 1 aromatic carbocycles. The van der Waals surface area contributed by atoms with Gasteiger partial charge in [0, 0.05) is 6.20 Å². The van der Waals surface area contributed by atoms with Crippen molar-refractivity contribution in [2.24, 2.45) is 0 Å². The number of nitrogens with zero attached hydrogens (tertiary/aromatic N) is 3. The van der Waals surface area contributed by atoms with Crippen molar-refractivity contribution in [1.82, 2.24) is 9.78 Å². The lowest BCUT2D eigenvalue weighted by molar-refractivity contribution is 0.853. The van der Waals surface area contributed by atoms with Gasteiger partial charge in [-0.1, -0.05) is 23.2 Å². The zero-order chi connectivity index (χ0) is 11.5. The minimum atomic E-state index is 0.300. The smallest absolute Gasteiger partial charge is 0.0793 e. The monoisotopic (exact) mass is 251 g/mol. The van der Waals surface area contributed by atoms with Crippen molar-refractivity contribution < 1.29 is 0 Å². The second kappa shape index (κ2) is 4.56. The number of hydrogen-bond donors (Lipinski definition) is 0. The lowest BCUT2D eigenvalue weighted by Gasteiger charge is -2.02. The summed E-state index contributed by atoms with van der Waals surface area (Å²) in [7, 11) is 0. The molecule has 0 aliphatic heterocycles. The molecule has 5 heteroatoms. The summed E-state index contributed by atoms with van der Waals surface area (Å²) in [6.07, 6.45) is 2.08. The van der Waals surface area contributed by atoms with Crippen LogP contribution < -0.4 is 0 Å². The van der Waals surface area contributed by atoms with Gasteiger partial charge in [0.05, 0.1) is 33.9 Å². The maximum atomic E-state index is 8.54. The third kappa shape index (κ3) is 2.19. The van der Waals surface area contributed by atoms with Crippen LogP contribution in [-0.2, 0) is 6.42 Å². The summed E-state index contributed by atoms with van der Waals surface area (Å²) in [5.74, 6) is 0. The molecule has 1 aromatic heterocycles. The van der Waals surface area contributed by atoms with Gasteiger partial charge in [-0.3, -0.25) is 0 Å². The molecule has 2 rings (SSSR count). The maximum absolute atomic E-state index is 8.54. The number of benzene rings is 1. The second-order valence-corrected chi connectivity index (χ2v) is 4.00. The Morgan fingerprint density at radius 3 is 2.75 bits per heavy atom. The van der Waals surface area contributed by atoms with Crippen LogP contribution in [0.2, 0.25) is 10.0 Å². The average molecular weight is 252 g/mol. The van der Waals surface area contributed by atoms with E-state index in [1.54, 1.807) is 29.1 Å². The summed E-state index contributed by atoms with van der Waals surface area (Å²) in [6, 6.07) is 9.10. The van der Waals surface area contributed by atoms with Gasteiger partial charge in [-0.25, -0.2) is 4.68 Å². The topological polar surface area (TPSA) is 41.6 Å². The van der Waals surface area contributed by atoms with Crippen molar-refractivity contribution in [2.45, 2.75) is 6.42 Å².